The molecule has 1 aliphatic heterocycles. The van der Waals surface area contributed by atoms with Gasteiger partial charge in [-0.25, -0.2) is 0 Å². The molecule has 140 valence electrons. The molecule has 26 heavy (non-hydrogen) atoms. The summed E-state index contributed by atoms with van der Waals surface area (Å²) in [5.74, 6) is -0.0000376. The van der Waals surface area contributed by atoms with Gasteiger partial charge >= 0.3 is 0 Å². The molecule has 6 heteroatoms. The number of rotatable bonds is 7. The van der Waals surface area contributed by atoms with Gasteiger partial charge in [-0.2, -0.15) is 5.10 Å². The van der Waals surface area contributed by atoms with E-state index in [0.717, 1.165) is 42.9 Å². The molecule has 2 heterocycles. The van der Waals surface area contributed by atoms with Gasteiger partial charge in [0, 0.05) is 23.8 Å². The molecule has 0 aliphatic carbocycles. The Balaban J connectivity index is 1.58. The molecular weight excluding hydrogens is 328 g/mol. The van der Waals surface area contributed by atoms with Crippen LogP contribution in [0.2, 0.25) is 0 Å². The van der Waals surface area contributed by atoms with Gasteiger partial charge in [-0.15, -0.1) is 0 Å². The number of amides is 1. The van der Waals surface area contributed by atoms with Crippen LogP contribution in [0.4, 0.5) is 0 Å². The average Bonchev–Trinajstić information content (AvgIpc) is 3.18. The smallest absolute Gasteiger partial charge is 0.234 e. The Morgan fingerprint density at radius 2 is 2.08 bits per heavy atom. The Labute approximate surface area is 154 Å². The maximum atomic E-state index is 12.3. The first-order chi connectivity index (χ1) is 12.6. The zero-order valence-corrected chi connectivity index (χ0v) is 15.6. The van der Waals surface area contributed by atoms with Gasteiger partial charge in [0.15, 0.2) is 0 Å². The Morgan fingerprint density at radius 1 is 1.31 bits per heavy atom. The van der Waals surface area contributed by atoms with Crippen LogP contribution in [0.5, 0.6) is 0 Å². The molecule has 0 spiro atoms. The third kappa shape index (κ3) is 4.31. The van der Waals surface area contributed by atoms with E-state index < -0.39 is 0 Å². The number of likely N-dealkylation sites (tertiary alicyclic amines) is 1. The molecule has 0 saturated carbocycles. The number of hydrogen-bond acceptors (Lipinski definition) is 4. The number of nitrogens with one attached hydrogen (secondary N) is 1. The summed E-state index contributed by atoms with van der Waals surface area (Å²) >= 11 is 0. The van der Waals surface area contributed by atoms with Crippen molar-refractivity contribution in [3.8, 4) is 0 Å². The van der Waals surface area contributed by atoms with Crippen molar-refractivity contribution in [2.24, 2.45) is 0 Å². The second kappa shape index (κ2) is 8.47. The average molecular weight is 356 g/mol. The molecule has 2 aromatic rings. The highest BCUT2D eigenvalue weighted by molar-refractivity contribution is 5.78. The van der Waals surface area contributed by atoms with Crippen LogP contribution < -0.4 is 5.32 Å². The first kappa shape index (κ1) is 18.6. The SMILES string of the molecule is Cc1nn(Cc2ccccc2)c(C)c1CNC(=O)CN1CCC[C@H]1CO. The number of aliphatic hydroxyl groups excluding tert-OH is 1. The molecule has 1 aromatic carbocycles. The Bertz CT molecular complexity index is 742. The van der Waals surface area contributed by atoms with Crippen molar-refractivity contribution < 1.29 is 9.90 Å². The summed E-state index contributed by atoms with van der Waals surface area (Å²) in [4.78, 5) is 14.4. The zero-order valence-electron chi connectivity index (χ0n) is 15.6. The molecule has 0 bridgehead atoms. The quantitative estimate of drug-likeness (QED) is 0.791. The number of hydrogen-bond donors (Lipinski definition) is 2. The topological polar surface area (TPSA) is 70.4 Å². The monoisotopic (exact) mass is 356 g/mol. The number of benzene rings is 1. The van der Waals surface area contributed by atoms with Gasteiger partial charge in [-0.3, -0.25) is 14.4 Å². The third-order valence-electron chi connectivity index (χ3n) is 5.23. The van der Waals surface area contributed by atoms with Crippen LogP contribution in [0.25, 0.3) is 0 Å². The minimum absolute atomic E-state index is 0.0000376. The number of carbonyl (C=O) groups excluding carboxylic acids is 1. The fourth-order valence-electron chi connectivity index (χ4n) is 3.64. The molecule has 1 aliphatic rings. The minimum Gasteiger partial charge on any atom is -0.395 e. The number of aromatic nitrogens is 2. The highest BCUT2D eigenvalue weighted by Crippen LogP contribution is 2.17. The van der Waals surface area contributed by atoms with Crippen molar-refractivity contribution in [1.29, 1.82) is 0 Å². The van der Waals surface area contributed by atoms with Gasteiger partial charge in [0.2, 0.25) is 5.91 Å². The summed E-state index contributed by atoms with van der Waals surface area (Å²) in [6.45, 7) is 6.60. The molecule has 2 N–H and O–H groups in total. The van der Waals surface area contributed by atoms with E-state index >= 15 is 0 Å². The lowest BCUT2D eigenvalue weighted by Gasteiger charge is -2.21. The van der Waals surface area contributed by atoms with Gasteiger partial charge in [0.1, 0.15) is 0 Å². The highest BCUT2D eigenvalue weighted by atomic mass is 16.3. The Kier molecular flexibility index (Phi) is 6.06. The van der Waals surface area contributed by atoms with Crippen molar-refractivity contribution in [2.75, 3.05) is 19.7 Å². The largest absolute Gasteiger partial charge is 0.395 e. The van der Waals surface area contributed by atoms with Crippen LogP contribution in [0.15, 0.2) is 30.3 Å². The van der Waals surface area contributed by atoms with Crippen LogP contribution in [-0.4, -0.2) is 51.4 Å². The van der Waals surface area contributed by atoms with Crippen molar-refractivity contribution in [2.45, 2.75) is 45.8 Å². The van der Waals surface area contributed by atoms with Crippen LogP contribution >= 0.6 is 0 Å². The summed E-state index contributed by atoms with van der Waals surface area (Å²) in [6.07, 6.45) is 2.01. The molecule has 1 atom stereocenters. The van der Waals surface area contributed by atoms with E-state index in [-0.39, 0.29) is 18.6 Å². The Morgan fingerprint density at radius 3 is 2.81 bits per heavy atom. The second-order valence-electron chi connectivity index (χ2n) is 7.02. The normalized spacial score (nSPS) is 17.6. The van der Waals surface area contributed by atoms with E-state index in [0.29, 0.717) is 13.1 Å². The fourth-order valence-corrected chi connectivity index (χ4v) is 3.64. The van der Waals surface area contributed by atoms with Crippen molar-refractivity contribution in [3.05, 3.63) is 52.8 Å². The van der Waals surface area contributed by atoms with E-state index in [9.17, 15) is 9.90 Å². The van der Waals surface area contributed by atoms with Crippen molar-refractivity contribution in [1.82, 2.24) is 20.0 Å². The first-order valence-corrected chi connectivity index (χ1v) is 9.27. The fraction of sp³-hybridized carbons (Fsp3) is 0.500. The lowest BCUT2D eigenvalue weighted by atomic mass is 10.2. The predicted octanol–water partition coefficient (Wildman–Crippen LogP) is 1.62. The van der Waals surface area contributed by atoms with Crippen LogP contribution in [0.3, 0.4) is 0 Å². The molecule has 3 rings (SSSR count). The highest BCUT2D eigenvalue weighted by Gasteiger charge is 2.25. The summed E-state index contributed by atoms with van der Waals surface area (Å²) in [6, 6.07) is 10.4. The minimum atomic E-state index is -0.0000376. The van der Waals surface area contributed by atoms with Crippen molar-refractivity contribution >= 4 is 5.91 Å². The lowest BCUT2D eigenvalue weighted by Crippen LogP contribution is -2.41. The van der Waals surface area contributed by atoms with Gasteiger partial charge in [0.05, 0.1) is 25.4 Å². The first-order valence-electron chi connectivity index (χ1n) is 9.27. The summed E-state index contributed by atoms with van der Waals surface area (Å²) in [5.41, 5.74) is 4.32. The summed E-state index contributed by atoms with van der Waals surface area (Å²) in [5, 5.41) is 17.0. The zero-order chi connectivity index (χ0) is 18.5. The maximum Gasteiger partial charge on any atom is 0.234 e. The third-order valence-corrected chi connectivity index (χ3v) is 5.23. The van der Waals surface area contributed by atoms with E-state index in [1.807, 2.05) is 36.7 Å². The molecule has 1 saturated heterocycles. The van der Waals surface area contributed by atoms with Crippen molar-refractivity contribution in [3.63, 3.8) is 0 Å². The molecule has 6 nitrogen and oxygen atoms in total. The molecule has 1 aromatic heterocycles. The molecular formula is C20H28N4O2. The van der Waals surface area contributed by atoms with Crippen LogP contribution in [0, 0.1) is 13.8 Å². The second-order valence-corrected chi connectivity index (χ2v) is 7.02. The van der Waals surface area contributed by atoms with Gasteiger partial charge in [-0.1, -0.05) is 30.3 Å². The summed E-state index contributed by atoms with van der Waals surface area (Å²) < 4.78 is 1.99. The van der Waals surface area contributed by atoms with Gasteiger partial charge in [-0.05, 0) is 38.8 Å². The van der Waals surface area contributed by atoms with E-state index in [1.54, 1.807) is 0 Å². The van der Waals surface area contributed by atoms with Crippen LogP contribution in [-0.2, 0) is 17.9 Å². The molecule has 1 amide bonds. The number of aryl methyl sites for hydroxylation is 1. The van der Waals surface area contributed by atoms with E-state index in [1.165, 1.54) is 5.56 Å². The number of carbonyl (C=O) groups is 1. The Hall–Kier alpha value is -2.18. The summed E-state index contributed by atoms with van der Waals surface area (Å²) in [7, 11) is 0. The predicted molar refractivity (Wildman–Crippen MR) is 101 cm³/mol. The molecule has 0 radical (unpaired) electrons. The van der Waals surface area contributed by atoms with Crippen LogP contribution in [0.1, 0.15) is 35.4 Å². The van der Waals surface area contributed by atoms with Gasteiger partial charge in [0.25, 0.3) is 0 Å². The van der Waals surface area contributed by atoms with E-state index in [4.69, 9.17) is 0 Å². The molecule has 0 unspecified atom stereocenters. The van der Waals surface area contributed by atoms with Gasteiger partial charge < -0.3 is 10.4 Å². The number of nitrogens with zero attached hydrogens (tertiary/aromatic N) is 3. The molecule has 1 fully saturated rings. The maximum absolute atomic E-state index is 12.3. The standard InChI is InChI=1S/C20H28N4O2/c1-15-19(11-21-20(26)13-23-10-6-9-18(23)14-25)16(2)24(22-15)12-17-7-4-3-5-8-17/h3-5,7-8,18,25H,6,9-14H2,1-2H3,(H,21,26)/t18-/m0/s1. The number of aliphatic hydroxyl groups is 1. The van der Waals surface area contributed by atoms with E-state index in [2.05, 4.69) is 27.4 Å². The lowest BCUT2D eigenvalue weighted by molar-refractivity contribution is -0.122.